The van der Waals surface area contributed by atoms with Crippen LogP contribution in [-0.4, -0.2) is 16.1 Å². The summed E-state index contributed by atoms with van der Waals surface area (Å²) in [6.07, 6.45) is 1.67. The molecule has 0 spiro atoms. The summed E-state index contributed by atoms with van der Waals surface area (Å²) in [6, 6.07) is 49.3. The molecule has 0 heterocycles. The average molecular weight is 600 g/mol. The predicted octanol–water partition coefficient (Wildman–Crippen LogP) is 10.6. The van der Waals surface area contributed by atoms with Gasteiger partial charge in [-0.05, 0) is 59.7 Å². The first kappa shape index (κ1) is 33.0. The first-order valence-corrected chi connectivity index (χ1v) is 16.6. The summed E-state index contributed by atoms with van der Waals surface area (Å²) in [6.45, 7) is 9.82. The molecule has 0 aromatic heterocycles. The summed E-state index contributed by atoms with van der Waals surface area (Å²) >= 11 is 1.37. The van der Waals surface area contributed by atoms with Crippen LogP contribution in [0.25, 0.3) is 11.1 Å². The minimum Gasteiger partial charge on any atom is -0.292 e. The van der Waals surface area contributed by atoms with Crippen LogP contribution in [0, 0.1) is 12.8 Å². The van der Waals surface area contributed by atoms with Crippen molar-refractivity contribution in [3.63, 3.8) is 0 Å². The third-order valence-corrected chi connectivity index (χ3v) is 8.88. The molecule has 0 saturated carbocycles. The lowest BCUT2D eigenvalue weighted by atomic mass is 9.93. The van der Waals surface area contributed by atoms with Gasteiger partial charge in [0, 0.05) is 29.9 Å². The van der Waals surface area contributed by atoms with Gasteiger partial charge in [-0.25, -0.2) is 0 Å². The Hall–Kier alpha value is -3.92. The van der Waals surface area contributed by atoms with E-state index in [0.29, 0.717) is 0 Å². The second-order valence-corrected chi connectivity index (χ2v) is 12.2. The molecule has 0 bridgehead atoms. The Morgan fingerprint density at radius 1 is 0.614 bits per heavy atom. The smallest absolute Gasteiger partial charge is 0.196 e. The molecule has 226 valence electrons. The Morgan fingerprint density at radius 2 is 1.09 bits per heavy atom. The highest BCUT2D eigenvalue weighted by Gasteiger charge is 2.26. The topological polar surface area (TPSA) is 20.3 Å². The Kier molecular flexibility index (Phi) is 13.0. The molecule has 0 fully saturated rings. The third-order valence-electron chi connectivity index (χ3n) is 7.77. The summed E-state index contributed by atoms with van der Waals surface area (Å²) in [5, 5.41) is 0.225. The van der Waals surface area contributed by atoms with Crippen molar-refractivity contribution in [2.45, 2.75) is 64.6 Å². The highest BCUT2D eigenvalue weighted by atomic mass is 32.2. The number of aryl methyl sites for hydroxylation is 1. The number of thioether (sulfide) groups is 1. The maximum absolute atomic E-state index is 13.5. The SMILES string of the molecule is CC.Cc1ccc(SC(=O)[C@H](C)CC(Cc2ccc(-c3ccccc3)cc2)N(Cc2ccccc2)Cc2ccccc2)cc1. The highest BCUT2D eigenvalue weighted by molar-refractivity contribution is 8.13. The lowest BCUT2D eigenvalue weighted by Crippen LogP contribution is -2.38. The number of rotatable bonds is 12. The predicted molar refractivity (Wildman–Crippen MR) is 189 cm³/mol. The van der Waals surface area contributed by atoms with E-state index in [1.807, 2.05) is 26.0 Å². The van der Waals surface area contributed by atoms with E-state index >= 15 is 0 Å². The summed E-state index contributed by atoms with van der Waals surface area (Å²) in [4.78, 5) is 17.0. The molecule has 0 saturated heterocycles. The molecule has 44 heavy (non-hydrogen) atoms. The van der Waals surface area contributed by atoms with Crippen LogP contribution in [0.1, 0.15) is 49.4 Å². The van der Waals surface area contributed by atoms with E-state index < -0.39 is 0 Å². The van der Waals surface area contributed by atoms with Gasteiger partial charge >= 0.3 is 0 Å². The first-order valence-electron chi connectivity index (χ1n) is 15.8. The van der Waals surface area contributed by atoms with E-state index in [2.05, 4.69) is 146 Å². The summed E-state index contributed by atoms with van der Waals surface area (Å²) < 4.78 is 0. The lowest BCUT2D eigenvalue weighted by molar-refractivity contribution is -0.114. The molecule has 0 amide bonds. The van der Waals surface area contributed by atoms with Gasteiger partial charge in [-0.15, -0.1) is 0 Å². The molecule has 3 heteroatoms. The Labute approximate surface area is 269 Å². The van der Waals surface area contributed by atoms with Gasteiger partial charge in [0.15, 0.2) is 5.12 Å². The number of hydrogen-bond acceptors (Lipinski definition) is 3. The maximum atomic E-state index is 13.5. The minimum atomic E-state index is -0.0843. The van der Waals surface area contributed by atoms with Crippen molar-refractivity contribution in [3.8, 4) is 11.1 Å². The van der Waals surface area contributed by atoms with Gasteiger partial charge in [0.2, 0.25) is 0 Å². The van der Waals surface area contributed by atoms with Crippen molar-refractivity contribution in [1.29, 1.82) is 0 Å². The lowest BCUT2D eigenvalue weighted by Gasteiger charge is -2.34. The van der Waals surface area contributed by atoms with Crippen molar-refractivity contribution in [2.24, 2.45) is 5.92 Å². The van der Waals surface area contributed by atoms with Crippen LogP contribution in [0.5, 0.6) is 0 Å². The summed E-state index contributed by atoms with van der Waals surface area (Å²) in [7, 11) is 0. The molecule has 1 unspecified atom stereocenters. The molecular weight excluding hydrogens is 555 g/mol. The van der Waals surface area contributed by atoms with Crippen LogP contribution in [0.15, 0.2) is 144 Å². The van der Waals surface area contributed by atoms with Gasteiger partial charge in [-0.2, -0.15) is 0 Å². The Bertz CT molecular complexity index is 1480. The number of carbonyl (C=O) groups excluding carboxylic acids is 1. The molecule has 5 aromatic rings. The van der Waals surface area contributed by atoms with Crippen LogP contribution in [-0.2, 0) is 24.3 Å². The van der Waals surface area contributed by atoms with Crippen molar-refractivity contribution in [1.82, 2.24) is 4.90 Å². The zero-order valence-electron chi connectivity index (χ0n) is 26.5. The van der Waals surface area contributed by atoms with Gasteiger partial charge in [-0.3, -0.25) is 9.69 Å². The molecular formula is C41H45NOS. The van der Waals surface area contributed by atoms with E-state index in [1.165, 1.54) is 45.1 Å². The van der Waals surface area contributed by atoms with E-state index in [1.54, 1.807) is 0 Å². The zero-order chi connectivity index (χ0) is 31.1. The largest absolute Gasteiger partial charge is 0.292 e. The van der Waals surface area contributed by atoms with Crippen LogP contribution in [0.4, 0.5) is 0 Å². The summed E-state index contributed by atoms with van der Waals surface area (Å²) in [5.41, 5.74) is 7.51. The molecule has 0 aliphatic rings. The van der Waals surface area contributed by atoms with Crippen molar-refractivity contribution < 1.29 is 4.79 Å². The van der Waals surface area contributed by atoms with Crippen LogP contribution in [0.2, 0.25) is 0 Å². The van der Waals surface area contributed by atoms with E-state index in [9.17, 15) is 4.79 Å². The van der Waals surface area contributed by atoms with Gasteiger partial charge in [-0.1, -0.05) is 165 Å². The second-order valence-electron chi connectivity index (χ2n) is 11.2. The Morgan fingerprint density at radius 3 is 1.61 bits per heavy atom. The molecule has 2 atom stereocenters. The molecule has 5 rings (SSSR count). The van der Waals surface area contributed by atoms with Crippen molar-refractivity contribution in [2.75, 3.05) is 0 Å². The fourth-order valence-corrected chi connectivity index (χ4v) is 6.18. The van der Waals surface area contributed by atoms with E-state index in [4.69, 9.17) is 0 Å². The molecule has 2 nitrogen and oxygen atoms in total. The molecule has 0 N–H and O–H groups in total. The molecule has 5 aromatic carbocycles. The van der Waals surface area contributed by atoms with Crippen LogP contribution in [0.3, 0.4) is 0 Å². The fraction of sp³-hybridized carbons (Fsp3) is 0.244. The van der Waals surface area contributed by atoms with Crippen molar-refractivity contribution in [3.05, 3.63) is 162 Å². The standard InChI is InChI=1S/C39H39NOS.C2H6/c1-30-18-24-38(25-19-30)42-39(41)31(2)26-37(27-32-20-22-36(23-21-32)35-16-10-5-11-17-35)40(28-33-12-6-3-7-13-33)29-34-14-8-4-9-15-34;1-2/h3-25,31,37H,26-29H2,1-2H3;1-2H3/t31-,37?;/m1./s1. The Balaban J connectivity index is 0.00000216. The second kappa shape index (κ2) is 17.4. The van der Waals surface area contributed by atoms with Gasteiger partial charge < -0.3 is 0 Å². The monoisotopic (exact) mass is 599 g/mol. The molecule has 0 radical (unpaired) electrons. The first-order chi connectivity index (χ1) is 21.5. The maximum Gasteiger partial charge on any atom is 0.196 e. The van der Waals surface area contributed by atoms with Gasteiger partial charge in [0.25, 0.3) is 0 Å². The number of benzene rings is 5. The van der Waals surface area contributed by atoms with Crippen molar-refractivity contribution >= 4 is 16.9 Å². The average Bonchev–Trinajstić information content (AvgIpc) is 3.08. The molecule has 0 aliphatic carbocycles. The number of nitrogens with zero attached hydrogens (tertiary/aromatic N) is 1. The van der Waals surface area contributed by atoms with Crippen LogP contribution < -0.4 is 0 Å². The number of carbonyl (C=O) groups is 1. The fourth-order valence-electron chi connectivity index (χ4n) is 5.37. The molecule has 0 aliphatic heterocycles. The van der Waals surface area contributed by atoms with Gasteiger partial charge in [0.05, 0.1) is 0 Å². The van der Waals surface area contributed by atoms with Crippen LogP contribution >= 0.6 is 11.8 Å². The zero-order valence-corrected chi connectivity index (χ0v) is 27.3. The number of hydrogen-bond donors (Lipinski definition) is 0. The minimum absolute atomic E-state index is 0.0843. The van der Waals surface area contributed by atoms with E-state index in [0.717, 1.165) is 30.8 Å². The third kappa shape index (κ3) is 10.1. The normalized spacial score (nSPS) is 12.2. The van der Waals surface area contributed by atoms with E-state index in [-0.39, 0.29) is 17.1 Å². The highest BCUT2D eigenvalue weighted by Crippen LogP contribution is 2.29. The van der Waals surface area contributed by atoms with Gasteiger partial charge in [0.1, 0.15) is 0 Å². The summed E-state index contributed by atoms with van der Waals surface area (Å²) in [5.74, 6) is -0.0843. The quantitative estimate of drug-likeness (QED) is 0.133.